The van der Waals surface area contributed by atoms with Crippen molar-refractivity contribution in [3.63, 3.8) is 0 Å². The second kappa shape index (κ2) is 10.0. The zero-order valence-electron chi connectivity index (χ0n) is 18.8. The smallest absolute Gasteiger partial charge is 0.191 e. The lowest BCUT2D eigenvalue weighted by Gasteiger charge is -2.34. The molecule has 0 spiro atoms. The molecule has 6 heteroatoms. The maximum absolute atomic E-state index is 10.5. The van der Waals surface area contributed by atoms with Crippen LogP contribution in [0.2, 0.25) is 0 Å². The Kier molecular flexibility index (Phi) is 6.95. The van der Waals surface area contributed by atoms with Crippen LogP contribution in [0.25, 0.3) is 0 Å². The standard InChI is InChI=1S/C25H35N5O/c1-3-26-25(27-17-22-21-9-5-4-8-19(21)11-12-23(22)31)29-20-13-15-30(16-14-20)24-10-6-7-18(2)28-24/h6-7,10-12,20,31H,3-5,8-9,13-17H2,1-2H3,(H2,26,27,29). The SMILES string of the molecule is CCNC(=NCc1c(O)ccc2c1CCCC2)NC1CCN(c2cccc(C)n2)CC1. The van der Waals surface area contributed by atoms with Gasteiger partial charge in [-0.1, -0.05) is 12.1 Å². The summed E-state index contributed by atoms with van der Waals surface area (Å²) in [6.45, 7) is 7.43. The quantitative estimate of drug-likeness (QED) is 0.507. The predicted molar refractivity (Wildman–Crippen MR) is 127 cm³/mol. The van der Waals surface area contributed by atoms with Crippen LogP contribution in [0.3, 0.4) is 0 Å². The molecular formula is C25H35N5O. The number of nitrogens with zero attached hydrogens (tertiary/aromatic N) is 3. The van der Waals surface area contributed by atoms with Crippen LogP contribution in [-0.2, 0) is 19.4 Å². The summed E-state index contributed by atoms with van der Waals surface area (Å²) in [5.74, 6) is 2.28. The average molecular weight is 422 g/mol. The number of aliphatic imine (C=N–C) groups is 1. The van der Waals surface area contributed by atoms with Crippen molar-refractivity contribution in [2.75, 3.05) is 24.5 Å². The van der Waals surface area contributed by atoms with E-state index in [9.17, 15) is 5.11 Å². The molecule has 2 aliphatic rings. The van der Waals surface area contributed by atoms with Gasteiger partial charge in [-0.25, -0.2) is 9.98 Å². The fourth-order valence-electron chi connectivity index (χ4n) is 4.70. The van der Waals surface area contributed by atoms with Gasteiger partial charge in [0.15, 0.2) is 5.96 Å². The predicted octanol–water partition coefficient (Wildman–Crippen LogP) is 3.70. The van der Waals surface area contributed by atoms with E-state index in [1.165, 1.54) is 24.0 Å². The minimum Gasteiger partial charge on any atom is -0.508 e. The summed E-state index contributed by atoms with van der Waals surface area (Å²) in [4.78, 5) is 11.9. The lowest BCUT2D eigenvalue weighted by Crippen LogP contribution is -2.49. The van der Waals surface area contributed by atoms with Crippen LogP contribution < -0.4 is 15.5 Å². The number of guanidine groups is 1. The fourth-order valence-corrected chi connectivity index (χ4v) is 4.70. The minimum atomic E-state index is 0.374. The summed E-state index contributed by atoms with van der Waals surface area (Å²) in [6.07, 6.45) is 6.68. The van der Waals surface area contributed by atoms with E-state index in [-0.39, 0.29) is 0 Å². The molecule has 0 saturated carbocycles. The number of piperidine rings is 1. The largest absolute Gasteiger partial charge is 0.508 e. The van der Waals surface area contributed by atoms with Gasteiger partial charge in [0.05, 0.1) is 6.54 Å². The molecule has 0 atom stereocenters. The average Bonchev–Trinajstić information content (AvgIpc) is 2.79. The highest BCUT2D eigenvalue weighted by Crippen LogP contribution is 2.31. The Morgan fingerprint density at radius 2 is 1.97 bits per heavy atom. The molecule has 1 aromatic carbocycles. The van der Waals surface area contributed by atoms with Gasteiger partial charge >= 0.3 is 0 Å². The molecule has 0 bridgehead atoms. The van der Waals surface area contributed by atoms with Gasteiger partial charge in [-0.15, -0.1) is 0 Å². The Hall–Kier alpha value is -2.76. The van der Waals surface area contributed by atoms with Gasteiger partial charge in [0.2, 0.25) is 0 Å². The number of anilines is 1. The van der Waals surface area contributed by atoms with Crippen molar-refractivity contribution in [3.8, 4) is 5.75 Å². The highest BCUT2D eigenvalue weighted by Gasteiger charge is 2.21. The number of rotatable bonds is 5. The molecule has 1 saturated heterocycles. The zero-order valence-corrected chi connectivity index (χ0v) is 18.8. The van der Waals surface area contributed by atoms with Gasteiger partial charge in [-0.05, 0) is 81.7 Å². The first-order chi connectivity index (χ1) is 15.1. The molecule has 1 fully saturated rings. The molecule has 3 N–H and O–H groups in total. The second-order valence-electron chi connectivity index (χ2n) is 8.65. The minimum absolute atomic E-state index is 0.374. The molecule has 0 amide bonds. The Morgan fingerprint density at radius 3 is 2.74 bits per heavy atom. The number of aromatic nitrogens is 1. The topological polar surface area (TPSA) is 72.8 Å². The highest BCUT2D eigenvalue weighted by molar-refractivity contribution is 5.80. The van der Waals surface area contributed by atoms with Crippen molar-refractivity contribution >= 4 is 11.8 Å². The molecule has 166 valence electrons. The van der Waals surface area contributed by atoms with Gasteiger partial charge in [-0.2, -0.15) is 0 Å². The molecule has 1 aliphatic carbocycles. The summed E-state index contributed by atoms with van der Waals surface area (Å²) in [6, 6.07) is 10.5. The molecule has 2 heterocycles. The summed E-state index contributed by atoms with van der Waals surface area (Å²) >= 11 is 0. The van der Waals surface area contributed by atoms with Crippen molar-refractivity contribution in [1.29, 1.82) is 0 Å². The first-order valence-electron chi connectivity index (χ1n) is 11.7. The van der Waals surface area contributed by atoms with E-state index in [0.29, 0.717) is 18.3 Å². The third-order valence-electron chi connectivity index (χ3n) is 6.40. The van der Waals surface area contributed by atoms with Crippen LogP contribution >= 0.6 is 0 Å². The number of pyridine rings is 1. The van der Waals surface area contributed by atoms with Gasteiger partial charge in [0.25, 0.3) is 0 Å². The van der Waals surface area contributed by atoms with Crippen LogP contribution in [0.15, 0.2) is 35.3 Å². The number of phenols is 1. The molecule has 1 aliphatic heterocycles. The molecule has 31 heavy (non-hydrogen) atoms. The monoisotopic (exact) mass is 421 g/mol. The second-order valence-corrected chi connectivity index (χ2v) is 8.65. The maximum Gasteiger partial charge on any atom is 0.191 e. The lowest BCUT2D eigenvalue weighted by atomic mass is 9.88. The van der Waals surface area contributed by atoms with Crippen LogP contribution in [0.5, 0.6) is 5.75 Å². The van der Waals surface area contributed by atoms with Crippen LogP contribution in [-0.4, -0.2) is 41.7 Å². The Morgan fingerprint density at radius 1 is 1.16 bits per heavy atom. The van der Waals surface area contributed by atoms with E-state index < -0.39 is 0 Å². The van der Waals surface area contributed by atoms with Gasteiger partial charge in [0, 0.05) is 36.9 Å². The number of hydrogen-bond acceptors (Lipinski definition) is 4. The van der Waals surface area contributed by atoms with Crippen molar-refractivity contribution in [2.24, 2.45) is 4.99 Å². The molecule has 6 nitrogen and oxygen atoms in total. The third kappa shape index (κ3) is 5.30. The Balaban J connectivity index is 1.39. The number of nitrogens with one attached hydrogen (secondary N) is 2. The first kappa shape index (κ1) is 21.5. The number of aryl methyl sites for hydroxylation is 2. The maximum atomic E-state index is 10.5. The molecular weight excluding hydrogens is 386 g/mol. The van der Waals surface area contributed by atoms with E-state index in [1.54, 1.807) is 0 Å². The number of hydrogen-bond donors (Lipinski definition) is 3. The third-order valence-corrected chi connectivity index (χ3v) is 6.40. The van der Waals surface area contributed by atoms with Gasteiger partial charge < -0.3 is 20.6 Å². The normalized spacial score (nSPS) is 17.4. The van der Waals surface area contributed by atoms with Gasteiger partial charge in [-0.3, -0.25) is 0 Å². The molecule has 0 radical (unpaired) electrons. The van der Waals surface area contributed by atoms with Gasteiger partial charge in [0.1, 0.15) is 11.6 Å². The number of aromatic hydroxyl groups is 1. The molecule has 1 aromatic heterocycles. The van der Waals surface area contributed by atoms with Crippen LogP contribution in [0.1, 0.15) is 55.0 Å². The van der Waals surface area contributed by atoms with Crippen LogP contribution in [0, 0.1) is 6.92 Å². The fraction of sp³-hybridized carbons (Fsp3) is 0.520. The summed E-state index contributed by atoms with van der Waals surface area (Å²) in [7, 11) is 0. The number of benzene rings is 1. The van der Waals surface area contributed by atoms with E-state index in [2.05, 4.69) is 45.6 Å². The molecule has 4 rings (SSSR count). The van der Waals surface area contributed by atoms with Crippen molar-refractivity contribution in [2.45, 2.75) is 65.0 Å². The van der Waals surface area contributed by atoms with E-state index in [1.807, 2.05) is 19.1 Å². The Labute approximate surface area is 185 Å². The summed E-state index contributed by atoms with van der Waals surface area (Å²) in [5.41, 5.74) is 4.74. The van der Waals surface area contributed by atoms with E-state index in [0.717, 1.165) is 68.4 Å². The highest BCUT2D eigenvalue weighted by atomic mass is 16.3. The first-order valence-corrected chi connectivity index (χ1v) is 11.7. The number of fused-ring (bicyclic) bond motifs is 1. The van der Waals surface area contributed by atoms with Crippen molar-refractivity contribution in [3.05, 3.63) is 52.7 Å². The molecule has 0 unspecified atom stereocenters. The number of phenolic OH excluding ortho intramolecular Hbond substituents is 1. The Bertz CT molecular complexity index is 918. The summed E-state index contributed by atoms with van der Waals surface area (Å²) < 4.78 is 0. The van der Waals surface area contributed by atoms with Crippen LogP contribution in [0.4, 0.5) is 5.82 Å². The molecule has 2 aromatic rings. The van der Waals surface area contributed by atoms with Crippen molar-refractivity contribution < 1.29 is 5.11 Å². The van der Waals surface area contributed by atoms with E-state index in [4.69, 9.17) is 4.99 Å². The summed E-state index contributed by atoms with van der Waals surface area (Å²) in [5, 5.41) is 17.5. The lowest BCUT2D eigenvalue weighted by molar-refractivity contribution is 0.458. The van der Waals surface area contributed by atoms with E-state index >= 15 is 0 Å². The van der Waals surface area contributed by atoms with Crippen molar-refractivity contribution in [1.82, 2.24) is 15.6 Å². The zero-order chi connectivity index (χ0) is 21.6.